The largest absolute Gasteiger partial charge is 0.489 e. The smallest absolute Gasteiger partial charge is 0.163 e. The van der Waals surface area contributed by atoms with E-state index in [1.165, 1.54) is 0 Å². The lowest BCUT2D eigenvalue weighted by atomic mass is 10.1. The molecule has 2 aromatic heterocycles. The Kier molecular flexibility index (Phi) is 6.75. The van der Waals surface area contributed by atoms with Gasteiger partial charge in [-0.1, -0.05) is 0 Å². The Balaban J connectivity index is 1.65. The van der Waals surface area contributed by atoms with Gasteiger partial charge in [0.1, 0.15) is 23.9 Å². The molecule has 1 saturated heterocycles. The topological polar surface area (TPSA) is 119 Å². The molecule has 1 aromatic carbocycles. The van der Waals surface area contributed by atoms with Crippen molar-refractivity contribution in [3.63, 3.8) is 0 Å². The average Bonchev–Trinajstić information content (AvgIpc) is 2.83. The number of nitriles is 1. The number of hydrogen-bond acceptors (Lipinski definition) is 9. The second-order valence-corrected chi connectivity index (χ2v) is 7.21. The first-order valence-corrected chi connectivity index (χ1v) is 10.3. The van der Waals surface area contributed by atoms with Gasteiger partial charge in [-0.15, -0.1) is 0 Å². The van der Waals surface area contributed by atoms with Gasteiger partial charge in [-0.25, -0.2) is 15.0 Å². The number of aromatic nitrogens is 3. The van der Waals surface area contributed by atoms with Crippen LogP contribution < -0.4 is 20.1 Å². The van der Waals surface area contributed by atoms with Crippen LogP contribution >= 0.6 is 0 Å². The summed E-state index contributed by atoms with van der Waals surface area (Å²) in [5, 5.41) is 9.37. The van der Waals surface area contributed by atoms with Crippen LogP contribution in [0.1, 0.15) is 11.3 Å². The quantitative estimate of drug-likeness (QED) is 0.601. The van der Waals surface area contributed by atoms with Crippen LogP contribution in [0.3, 0.4) is 0 Å². The molecular weight excluding hydrogens is 408 g/mol. The molecule has 0 aliphatic carbocycles. The maximum absolute atomic E-state index is 9.37. The molecule has 1 aliphatic heterocycles. The summed E-state index contributed by atoms with van der Waals surface area (Å²) >= 11 is 0. The summed E-state index contributed by atoms with van der Waals surface area (Å²) in [4.78, 5) is 15.6. The Labute approximate surface area is 186 Å². The molecule has 0 radical (unpaired) electrons. The number of rotatable bonds is 7. The minimum atomic E-state index is 0.390. The van der Waals surface area contributed by atoms with Crippen molar-refractivity contribution in [1.29, 1.82) is 5.26 Å². The summed E-state index contributed by atoms with van der Waals surface area (Å²) in [5.41, 5.74) is 7.44. The third kappa shape index (κ3) is 5.11. The molecule has 3 heterocycles. The second-order valence-electron chi connectivity index (χ2n) is 7.21. The summed E-state index contributed by atoms with van der Waals surface area (Å²) in [7, 11) is 0. The second kappa shape index (κ2) is 10.0. The Morgan fingerprint density at radius 2 is 1.91 bits per heavy atom. The lowest BCUT2D eigenvalue weighted by molar-refractivity contribution is 0.122. The van der Waals surface area contributed by atoms with Gasteiger partial charge in [0.2, 0.25) is 0 Å². The van der Waals surface area contributed by atoms with Crippen molar-refractivity contribution in [2.75, 3.05) is 44.4 Å². The summed E-state index contributed by atoms with van der Waals surface area (Å²) in [6.45, 7) is 5.61. The summed E-state index contributed by atoms with van der Waals surface area (Å²) in [6.07, 6.45) is 3.18. The van der Waals surface area contributed by atoms with Crippen LogP contribution in [-0.2, 0) is 4.74 Å². The number of nitrogens with zero attached hydrogens (tertiary/aromatic N) is 5. The molecule has 3 aromatic rings. The minimum absolute atomic E-state index is 0.390. The fourth-order valence-corrected chi connectivity index (χ4v) is 3.33. The van der Waals surface area contributed by atoms with Crippen LogP contribution in [0.15, 0.2) is 42.7 Å². The Morgan fingerprint density at radius 3 is 2.62 bits per heavy atom. The molecule has 0 amide bonds. The lowest BCUT2D eigenvalue weighted by Gasteiger charge is -2.28. The molecule has 32 heavy (non-hydrogen) atoms. The molecule has 0 atom stereocenters. The van der Waals surface area contributed by atoms with Crippen LogP contribution in [0.5, 0.6) is 17.2 Å². The van der Waals surface area contributed by atoms with Crippen LogP contribution in [0.4, 0.5) is 5.82 Å². The fourth-order valence-electron chi connectivity index (χ4n) is 3.33. The highest BCUT2D eigenvalue weighted by molar-refractivity contribution is 5.67. The van der Waals surface area contributed by atoms with Gasteiger partial charge in [-0.3, -0.25) is 0 Å². The monoisotopic (exact) mass is 432 g/mol. The molecule has 0 unspecified atom stereocenters. The van der Waals surface area contributed by atoms with E-state index < -0.39 is 0 Å². The standard InChI is InChI=1S/C23H24N6O3/c1-16-10-18(12-22(28-16)29-5-8-30-9-6-29)32-21-11-17(13-25)2-3-20(21)23-26-14-19(15-27-23)31-7-4-24/h2-3,10-12,14-15H,4-9,24H2,1H3. The average molecular weight is 432 g/mol. The van der Waals surface area contributed by atoms with Gasteiger partial charge in [0.05, 0.1) is 42.8 Å². The van der Waals surface area contributed by atoms with Gasteiger partial charge < -0.3 is 24.8 Å². The van der Waals surface area contributed by atoms with Crippen LogP contribution in [0.25, 0.3) is 11.4 Å². The lowest BCUT2D eigenvalue weighted by Crippen LogP contribution is -2.36. The molecule has 1 fully saturated rings. The fraction of sp³-hybridized carbons (Fsp3) is 0.304. The van der Waals surface area contributed by atoms with Crippen molar-refractivity contribution >= 4 is 5.82 Å². The van der Waals surface area contributed by atoms with Crippen molar-refractivity contribution in [1.82, 2.24) is 15.0 Å². The Morgan fingerprint density at radius 1 is 1.12 bits per heavy atom. The van der Waals surface area contributed by atoms with Crippen LogP contribution in [0, 0.1) is 18.3 Å². The van der Waals surface area contributed by atoms with Crippen molar-refractivity contribution < 1.29 is 14.2 Å². The molecule has 2 N–H and O–H groups in total. The summed E-state index contributed by atoms with van der Waals surface area (Å²) in [6, 6.07) is 11.1. The minimum Gasteiger partial charge on any atom is -0.489 e. The zero-order valence-corrected chi connectivity index (χ0v) is 17.8. The molecule has 9 nitrogen and oxygen atoms in total. The first-order chi connectivity index (χ1) is 15.7. The molecule has 164 valence electrons. The van der Waals surface area contributed by atoms with Crippen molar-refractivity contribution in [2.45, 2.75) is 6.92 Å². The molecule has 9 heteroatoms. The highest BCUT2D eigenvalue weighted by Crippen LogP contribution is 2.34. The van der Waals surface area contributed by atoms with Crippen molar-refractivity contribution in [3.05, 3.63) is 54.0 Å². The summed E-state index contributed by atoms with van der Waals surface area (Å²) in [5.74, 6) is 2.94. The third-order valence-electron chi connectivity index (χ3n) is 4.84. The first-order valence-electron chi connectivity index (χ1n) is 10.3. The molecule has 0 saturated carbocycles. The third-order valence-corrected chi connectivity index (χ3v) is 4.84. The normalized spacial score (nSPS) is 13.5. The number of ether oxygens (including phenoxy) is 3. The van der Waals surface area contributed by atoms with E-state index in [-0.39, 0.29) is 0 Å². The van der Waals surface area contributed by atoms with E-state index >= 15 is 0 Å². The molecule has 4 rings (SSSR count). The SMILES string of the molecule is Cc1cc(Oc2cc(C#N)ccc2-c2ncc(OCCN)cn2)cc(N2CCOCC2)n1. The van der Waals surface area contributed by atoms with Gasteiger partial charge in [-0.05, 0) is 25.1 Å². The van der Waals surface area contributed by atoms with E-state index in [1.807, 2.05) is 19.1 Å². The predicted molar refractivity (Wildman–Crippen MR) is 119 cm³/mol. The van der Waals surface area contributed by atoms with E-state index in [0.717, 1.165) is 24.6 Å². The molecular formula is C23H24N6O3. The van der Waals surface area contributed by atoms with E-state index in [1.54, 1.807) is 30.6 Å². The number of hydrogen-bond donors (Lipinski definition) is 1. The van der Waals surface area contributed by atoms with Gasteiger partial charge in [0, 0.05) is 37.5 Å². The number of aryl methyl sites for hydroxylation is 1. The van der Waals surface area contributed by atoms with Gasteiger partial charge in [0.25, 0.3) is 0 Å². The maximum Gasteiger partial charge on any atom is 0.163 e. The van der Waals surface area contributed by atoms with Gasteiger partial charge in [-0.2, -0.15) is 5.26 Å². The van der Waals surface area contributed by atoms with E-state index in [9.17, 15) is 5.26 Å². The predicted octanol–water partition coefficient (Wildman–Crippen LogP) is 2.69. The number of pyridine rings is 1. The summed E-state index contributed by atoms with van der Waals surface area (Å²) < 4.78 is 17.1. The van der Waals surface area contributed by atoms with Crippen LogP contribution in [-0.4, -0.2) is 54.4 Å². The number of benzene rings is 1. The Bertz CT molecular complexity index is 1110. The zero-order valence-electron chi connectivity index (χ0n) is 17.8. The highest BCUT2D eigenvalue weighted by atomic mass is 16.5. The zero-order chi connectivity index (χ0) is 22.3. The Hall–Kier alpha value is -3.74. The van der Waals surface area contributed by atoms with Crippen LogP contribution in [0.2, 0.25) is 0 Å². The first kappa shape index (κ1) is 21.5. The number of morpholine rings is 1. The molecule has 1 aliphatic rings. The maximum atomic E-state index is 9.37. The van der Waals surface area contributed by atoms with E-state index in [2.05, 4.69) is 25.9 Å². The molecule has 0 bridgehead atoms. The van der Waals surface area contributed by atoms with Gasteiger partial charge >= 0.3 is 0 Å². The molecule has 0 spiro atoms. The number of nitrogens with two attached hydrogens (primary N) is 1. The number of anilines is 1. The van der Waals surface area contributed by atoms with Gasteiger partial charge in [0.15, 0.2) is 11.6 Å². The van der Waals surface area contributed by atoms with E-state index in [4.69, 9.17) is 19.9 Å². The van der Waals surface area contributed by atoms with Crippen molar-refractivity contribution in [3.8, 4) is 34.7 Å². The van der Waals surface area contributed by atoms with E-state index in [0.29, 0.717) is 60.6 Å². The van der Waals surface area contributed by atoms with Crippen molar-refractivity contribution in [2.24, 2.45) is 5.73 Å². The highest BCUT2D eigenvalue weighted by Gasteiger charge is 2.16.